The maximum Gasteiger partial charge on any atom is 0.304 e. The number of hydrogen-bond acceptors (Lipinski definition) is 4. The Hall–Kier alpha value is -0.620. The lowest BCUT2D eigenvalue weighted by molar-refractivity contribution is -0.136. The molecule has 0 unspecified atom stereocenters. The van der Waals surface area contributed by atoms with E-state index < -0.39 is 20.6 Å². The zero-order chi connectivity index (χ0) is 11.4. The maximum atomic E-state index is 11.2. The van der Waals surface area contributed by atoms with Crippen molar-refractivity contribution in [1.82, 2.24) is 5.32 Å². The first-order chi connectivity index (χ1) is 6.17. The van der Waals surface area contributed by atoms with Gasteiger partial charge in [-0.05, 0) is 13.8 Å². The first-order valence-electron chi connectivity index (χ1n) is 4.29. The first-order valence-corrected chi connectivity index (χ1v) is 6.18. The summed E-state index contributed by atoms with van der Waals surface area (Å²) in [5.41, 5.74) is 0. The van der Waals surface area contributed by atoms with Crippen molar-refractivity contribution in [2.24, 2.45) is 0 Å². The SMILES string of the molecule is CC(C)(CNCCC(=O)O)S(C)(=O)=O. The van der Waals surface area contributed by atoms with E-state index in [9.17, 15) is 13.2 Å². The second-order valence-corrected chi connectivity index (χ2v) is 6.50. The van der Waals surface area contributed by atoms with Crippen LogP contribution in [0.15, 0.2) is 0 Å². The molecule has 0 aromatic heterocycles. The molecule has 0 bridgehead atoms. The quantitative estimate of drug-likeness (QED) is 0.613. The molecular weight excluding hydrogens is 206 g/mol. The molecule has 0 heterocycles. The van der Waals surface area contributed by atoms with Crippen LogP contribution in [0.25, 0.3) is 0 Å². The van der Waals surface area contributed by atoms with E-state index in [0.29, 0.717) is 0 Å². The van der Waals surface area contributed by atoms with Crippen LogP contribution in [0.4, 0.5) is 0 Å². The minimum atomic E-state index is -3.11. The largest absolute Gasteiger partial charge is 0.481 e. The van der Waals surface area contributed by atoms with Gasteiger partial charge in [-0.2, -0.15) is 0 Å². The van der Waals surface area contributed by atoms with E-state index in [1.807, 2.05) is 0 Å². The number of carboxylic acid groups (broad SMARTS) is 1. The van der Waals surface area contributed by atoms with Crippen molar-refractivity contribution in [1.29, 1.82) is 0 Å². The Kier molecular flexibility index (Phi) is 4.54. The Labute approximate surface area is 84.4 Å². The van der Waals surface area contributed by atoms with Gasteiger partial charge in [-0.3, -0.25) is 4.79 Å². The van der Waals surface area contributed by atoms with Gasteiger partial charge in [0.2, 0.25) is 0 Å². The average Bonchev–Trinajstić information content (AvgIpc) is 1.95. The molecule has 14 heavy (non-hydrogen) atoms. The summed E-state index contributed by atoms with van der Waals surface area (Å²) in [5, 5.41) is 11.1. The summed E-state index contributed by atoms with van der Waals surface area (Å²) in [6, 6.07) is 0. The van der Waals surface area contributed by atoms with Crippen molar-refractivity contribution in [3.8, 4) is 0 Å². The number of aliphatic carboxylic acids is 1. The molecule has 6 heteroatoms. The summed E-state index contributed by atoms with van der Waals surface area (Å²) in [6.45, 7) is 3.76. The monoisotopic (exact) mass is 223 g/mol. The zero-order valence-electron chi connectivity index (χ0n) is 8.70. The molecule has 0 rings (SSSR count). The van der Waals surface area contributed by atoms with Crippen LogP contribution in [0.1, 0.15) is 20.3 Å². The second kappa shape index (κ2) is 4.75. The van der Waals surface area contributed by atoms with Crippen LogP contribution < -0.4 is 5.32 Å². The van der Waals surface area contributed by atoms with Crippen LogP contribution in [0.5, 0.6) is 0 Å². The van der Waals surface area contributed by atoms with Gasteiger partial charge in [0.25, 0.3) is 0 Å². The third-order valence-corrected chi connectivity index (χ3v) is 4.22. The van der Waals surface area contributed by atoms with E-state index in [0.717, 1.165) is 0 Å². The average molecular weight is 223 g/mol. The van der Waals surface area contributed by atoms with Gasteiger partial charge in [-0.15, -0.1) is 0 Å². The zero-order valence-corrected chi connectivity index (χ0v) is 9.52. The minimum Gasteiger partial charge on any atom is -0.481 e. The topological polar surface area (TPSA) is 83.5 Å². The van der Waals surface area contributed by atoms with Crippen LogP contribution in [0, 0.1) is 0 Å². The Morgan fingerprint density at radius 3 is 2.29 bits per heavy atom. The molecule has 0 aliphatic rings. The summed E-state index contributed by atoms with van der Waals surface area (Å²) in [6.07, 6.45) is 1.17. The third kappa shape index (κ3) is 4.57. The van der Waals surface area contributed by atoms with Crippen molar-refractivity contribution in [3.63, 3.8) is 0 Å². The van der Waals surface area contributed by atoms with Crippen LogP contribution in [0.3, 0.4) is 0 Å². The summed E-state index contributed by atoms with van der Waals surface area (Å²) >= 11 is 0. The highest BCUT2D eigenvalue weighted by atomic mass is 32.2. The highest BCUT2D eigenvalue weighted by molar-refractivity contribution is 7.92. The molecular formula is C8H17NO4S. The molecule has 0 atom stereocenters. The Morgan fingerprint density at radius 1 is 1.43 bits per heavy atom. The predicted octanol–water partition coefficient (Wildman–Crippen LogP) is -0.126. The van der Waals surface area contributed by atoms with Crippen molar-refractivity contribution in [2.45, 2.75) is 25.0 Å². The Morgan fingerprint density at radius 2 is 1.93 bits per heavy atom. The molecule has 0 spiro atoms. The van der Waals surface area contributed by atoms with Crippen molar-refractivity contribution < 1.29 is 18.3 Å². The van der Waals surface area contributed by atoms with Crippen LogP contribution >= 0.6 is 0 Å². The van der Waals surface area contributed by atoms with E-state index in [4.69, 9.17) is 5.11 Å². The molecule has 0 aliphatic carbocycles. The van der Waals surface area contributed by atoms with E-state index in [2.05, 4.69) is 5.32 Å². The van der Waals surface area contributed by atoms with Gasteiger partial charge in [0.15, 0.2) is 9.84 Å². The highest BCUT2D eigenvalue weighted by Crippen LogP contribution is 2.12. The van der Waals surface area contributed by atoms with Crippen LogP contribution in [-0.4, -0.2) is 43.6 Å². The molecule has 0 aromatic carbocycles. The second-order valence-electron chi connectivity index (χ2n) is 3.85. The summed E-state index contributed by atoms with van der Waals surface area (Å²) in [7, 11) is -3.11. The van der Waals surface area contributed by atoms with Gasteiger partial charge in [-0.1, -0.05) is 0 Å². The van der Waals surface area contributed by atoms with Crippen molar-refractivity contribution in [3.05, 3.63) is 0 Å². The molecule has 0 saturated carbocycles. The van der Waals surface area contributed by atoms with Crippen molar-refractivity contribution in [2.75, 3.05) is 19.3 Å². The maximum absolute atomic E-state index is 11.2. The third-order valence-electron chi connectivity index (χ3n) is 2.07. The minimum absolute atomic E-state index is 0.000157. The fraction of sp³-hybridized carbons (Fsp3) is 0.875. The van der Waals surface area contributed by atoms with Gasteiger partial charge >= 0.3 is 5.97 Å². The lowest BCUT2D eigenvalue weighted by Crippen LogP contribution is -2.42. The van der Waals surface area contributed by atoms with E-state index >= 15 is 0 Å². The molecule has 84 valence electrons. The van der Waals surface area contributed by atoms with E-state index in [-0.39, 0.29) is 19.5 Å². The predicted molar refractivity (Wildman–Crippen MR) is 54.0 cm³/mol. The lowest BCUT2D eigenvalue weighted by Gasteiger charge is -2.22. The van der Waals surface area contributed by atoms with E-state index in [1.54, 1.807) is 13.8 Å². The lowest BCUT2D eigenvalue weighted by atomic mass is 10.2. The Bertz CT molecular complexity index is 294. The molecule has 0 aromatic rings. The molecule has 0 fully saturated rings. The number of rotatable bonds is 6. The van der Waals surface area contributed by atoms with Crippen LogP contribution in [-0.2, 0) is 14.6 Å². The fourth-order valence-electron chi connectivity index (χ4n) is 0.716. The van der Waals surface area contributed by atoms with Gasteiger partial charge in [0, 0.05) is 19.3 Å². The van der Waals surface area contributed by atoms with E-state index in [1.165, 1.54) is 6.26 Å². The number of hydrogen-bond donors (Lipinski definition) is 2. The van der Waals surface area contributed by atoms with Crippen LogP contribution in [0.2, 0.25) is 0 Å². The number of sulfone groups is 1. The summed E-state index contributed by atoms with van der Waals surface area (Å²) in [4.78, 5) is 10.2. The summed E-state index contributed by atoms with van der Waals surface area (Å²) < 4.78 is 21.6. The fourth-order valence-corrected chi connectivity index (χ4v) is 1.08. The van der Waals surface area contributed by atoms with Gasteiger partial charge in [0.1, 0.15) is 0 Å². The molecule has 0 amide bonds. The van der Waals surface area contributed by atoms with Gasteiger partial charge in [-0.25, -0.2) is 8.42 Å². The summed E-state index contributed by atoms with van der Waals surface area (Å²) in [5.74, 6) is -0.894. The molecule has 0 aliphatic heterocycles. The number of carbonyl (C=O) groups is 1. The highest BCUT2D eigenvalue weighted by Gasteiger charge is 2.29. The molecule has 0 radical (unpaired) electrons. The van der Waals surface area contributed by atoms with Gasteiger partial charge < -0.3 is 10.4 Å². The number of nitrogens with one attached hydrogen (secondary N) is 1. The smallest absolute Gasteiger partial charge is 0.304 e. The molecule has 0 saturated heterocycles. The number of carboxylic acids is 1. The van der Waals surface area contributed by atoms with Gasteiger partial charge in [0.05, 0.1) is 11.2 Å². The molecule has 5 nitrogen and oxygen atoms in total. The molecule has 2 N–H and O–H groups in total. The standard InChI is InChI=1S/C8H17NO4S/c1-8(2,14(3,12)13)6-9-5-4-7(10)11/h9H,4-6H2,1-3H3,(H,10,11). The van der Waals surface area contributed by atoms with Crippen molar-refractivity contribution >= 4 is 15.8 Å². The normalized spacial score (nSPS) is 12.8. The Balaban J connectivity index is 3.96. The first kappa shape index (κ1) is 13.4.